The molecule has 1 amide bonds. The van der Waals surface area contributed by atoms with E-state index in [1.165, 1.54) is 30.9 Å². The van der Waals surface area contributed by atoms with Gasteiger partial charge in [-0.15, -0.1) is 4.80 Å². The Morgan fingerprint density at radius 2 is 1.81 bits per heavy atom. The van der Waals surface area contributed by atoms with E-state index < -0.39 is 23.3 Å². The minimum absolute atomic E-state index is 0.00448. The molecule has 0 aliphatic carbocycles. The molecule has 0 saturated heterocycles. The number of alkyl halides is 3. The van der Waals surface area contributed by atoms with Crippen molar-refractivity contribution in [3.8, 4) is 17.6 Å². The fraction of sp³-hybridized carbons (Fsp3) is 0.0455. The van der Waals surface area contributed by atoms with E-state index in [-0.39, 0.29) is 28.6 Å². The van der Waals surface area contributed by atoms with E-state index in [1.54, 1.807) is 24.3 Å². The Morgan fingerprint density at radius 3 is 2.50 bits per heavy atom. The van der Waals surface area contributed by atoms with E-state index in [9.17, 15) is 23.2 Å². The molecule has 4 aromatic heterocycles. The summed E-state index contributed by atoms with van der Waals surface area (Å²) in [5, 5.41) is 24.2. The molecule has 0 fully saturated rings. The summed E-state index contributed by atoms with van der Waals surface area (Å²) in [4.78, 5) is 22.1. The average molecular weight is 490 g/mol. The van der Waals surface area contributed by atoms with Crippen LogP contribution in [0.1, 0.15) is 21.6 Å². The standard InChI is InChI=1S/C22H13F3N10O/c23-22(24,25)18-16(11-34(33-18)17-10-28-19(27)15-4-2-1-3-14(15)17)21(36)32-13-7-12(8-26)20(29-9-13)35-30-5-6-31-35/h1-7,9-11H,(H2,27,28)(H,32,36). The molecule has 11 nitrogen and oxygen atoms in total. The maximum atomic E-state index is 13.8. The highest BCUT2D eigenvalue weighted by Crippen LogP contribution is 2.33. The third kappa shape index (κ3) is 3.94. The highest BCUT2D eigenvalue weighted by atomic mass is 19.4. The second kappa shape index (κ2) is 8.47. The van der Waals surface area contributed by atoms with Gasteiger partial charge in [0, 0.05) is 17.0 Å². The molecule has 0 atom stereocenters. The second-order valence-electron chi connectivity index (χ2n) is 7.39. The van der Waals surface area contributed by atoms with E-state index in [1.807, 2.05) is 6.07 Å². The fourth-order valence-corrected chi connectivity index (χ4v) is 3.55. The molecule has 0 bridgehead atoms. The van der Waals surface area contributed by atoms with Gasteiger partial charge in [0.15, 0.2) is 11.5 Å². The van der Waals surface area contributed by atoms with Crippen molar-refractivity contribution >= 4 is 28.2 Å². The van der Waals surface area contributed by atoms with Crippen LogP contribution < -0.4 is 11.1 Å². The van der Waals surface area contributed by atoms with Gasteiger partial charge in [-0.2, -0.15) is 33.7 Å². The molecule has 3 N–H and O–H groups in total. The number of nitrogens with one attached hydrogen (secondary N) is 1. The van der Waals surface area contributed by atoms with Crippen LogP contribution in [0.2, 0.25) is 0 Å². The molecule has 1 aromatic carbocycles. The molecule has 0 unspecified atom stereocenters. The van der Waals surface area contributed by atoms with Crippen LogP contribution in [0.3, 0.4) is 0 Å². The molecular weight excluding hydrogens is 477 g/mol. The second-order valence-corrected chi connectivity index (χ2v) is 7.39. The van der Waals surface area contributed by atoms with Crippen LogP contribution in [-0.4, -0.2) is 40.6 Å². The Morgan fingerprint density at radius 1 is 1.08 bits per heavy atom. The number of benzene rings is 1. The number of nitrogens with zero attached hydrogens (tertiary/aromatic N) is 8. The van der Waals surface area contributed by atoms with Crippen LogP contribution in [0.4, 0.5) is 24.7 Å². The van der Waals surface area contributed by atoms with E-state index in [0.717, 1.165) is 15.7 Å². The Bertz CT molecular complexity index is 1650. The van der Waals surface area contributed by atoms with Gasteiger partial charge >= 0.3 is 6.18 Å². The lowest BCUT2D eigenvalue weighted by atomic mass is 10.1. The quantitative estimate of drug-likeness (QED) is 0.390. The van der Waals surface area contributed by atoms with Crippen molar-refractivity contribution in [2.24, 2.45) is 0 Å². The summed E-state index contributed by atoms with van der Waals surface area (Å²) in [6.07, 6.45) is 1.24. The number of hydrogen-bond donors (Lipinski definition) is 2. The van der Waals surface area contributed by atoms with Gasteiger partial charge in [0.05, 0.1) is 41.7 Å². The minimum Gasteiger partial charge on any atom is -0.383 e. The molecule has 5 rings (SSSR count). The first kappa shape index (κ1) is 22.5. The number of hydrogen-bond acceptors (Lipinski definition) is 8. The Balaban J connectivity index is 1.54. The van der Waals surface area contributed by atoms with Gasteiger partial charge in [0.2, 0.25) is 0 Å². The number of aromatic nitrogens is 7. The molecule has 0 saturated carbocycles. The van der Waals surface area contributed by atoms with Gasteiger partial charge in [0.1, 0.15) is 17.5 Å². The third-order valence-electron chi connectivity index (χ3n) is 5.13. The lowest BCUT2D eigenvalue weighted by molar-refractivity contribution is -0.141. The number of fused-ring (bicyclic) bond motifs is 1. The zero-order valence-electron chi connectivity index (χ0n) is 18.0. The van der Waals surface area contributed by atoms with E-state index in [0.29, 0.717) is 10.8 Å². The SMILES string of the molecule is N#Cc1cc(NC(=O)c2cn(-c3cnc(N)c4ccccc34)nc2C(F)(F)F)cnc1-n1nccn1. The summed E-state index contributed by atoms with van der Waals surface area (Å²) in [6.45, 7) is 0. The zero-order valence-corrected chi connectivity index (χ0v) is 18.0. The molecule has 36 heavy (non-hydrogen) atoms. The van der Waals surface area contributed by atoms with Crippen LogP contribution in [0, 0.1) is 11.3 Å². The number of nitrogens with two attached hydrogens (primary N) is 1. The van der Waals surface area contributed by atoms with Crippen molar-refractivity contribution in [3.05, 3.63) is 78.1 Å². The molecule has 5 aromatic rings. The molecule has 4 heterocycles. The monoisotopic (exact) mass is 490 g/mol. The summed E-state index contributed by atoms with van der Waals surface area (Å²) < 4.78 is 42.4. The van der Waals surface area contributed by atoms with E-state index in [2.05, 4.69) is 30.6 Å². The highest BCUT2D eigenvalue weighted by Gasteiger charge is 2.39. The number of carbonyl (C=O) groups is 1. The average Bonchev–Trinajstić information content (AvgIpc) is 3.55. The van der Waals surface area contributed by atoms with Crippen LogP contribution in [0.25, 0.3) is 22.3 Å². The number of carbonyl (C=O) groups excluding carboxylic acids is 1. The van der Waals surface area contributed by atoms with E-state index in [4.69, 9.17) is 5.73 Å². The third-order valence-corrected chi connectivity index (χ3v) is 5.13. The maximum absolute atomic E-state index is 13.8. The molecule has 0 spiro atoms. The van der Waals surface area contributed by atoms with Crippen molar-refractivity contribution in [3.63, 3.8) is 0 Å². The van der Waals surface area contributed by atoms with Gasteiger partial charge in [-0.05, 0) is 6.07 Å². The summed E-state index contributed by atoms with van der Waals surface area (Å²) in [7, 11) is 0. The van der Waals surface area contributed by atoms with Crippen molar-refractivity contribution < 1.29 is 18.0 Å². The Labute approximate surface area is 199 Å². The first-order valence-corrected chi connectivity index (χ1v) is 10.1. The van der Waals surface area contributed by atoms with Gasteiger partial charge in [-0.3, -0.25) is 4.79 Å². The first-order valence-electron chi connectivity index (χ1n) is 10.1. The molecule has 0 aliphatic rings. The molecule has 0 aliphatic heterocycles. The van der Waals surface area contributed by atoms with Crippen LogP contribution in [0.5, 0.6) is 0 Å². The van der Waals surface area contributed by atoms with Crippen LogP contribution in [-0.2, 0) is 6.18 Å². The highest BCUT2D eigenvalue weighted by molar-refractivity contribution is 6.05. The number of anilines is 2. The predicted molar refractivity (Wildman–Crippen MR) is 120 cm³/mol. The van der Waals surface area contributed by atoms with E-state index >= 15 is 0 Å². The molecular formula is C22H13F3N10O. The van der Waals surface area contributed by atoms with Crippen molar-refractivity contribution in [1.82, 2.24) is 34.7 Å². The summed E-state index contributed by atoms with van der Waals surface area (Å²) >= 11 is 0. The fourth-order valence-electron chi connectivity index (χ4n) is 3.55. The van der Waals surface area contributed by atoms with Crippen LogP contribution >= 0.6 is 0 Å². The van der Waals surface area contributed by atoms with Crippen molar-refractivity contribution in [2.75, 3.05) is 11.1 Å². The summed E-state index contributed by atoms with van der Waals surface area (Å²) in [6, 6.07) is 9.87. The zero-order chi connectivity index (χ0) is 25.4. The smallest absolute Gasteiger partial charge is 0.383 e. The molecule has 178 valence electrons. The number of nitrogen functional groups attached to an aromatic ring is 1. The summed E-state index contributed by atoms with van der Waals surface area (Å²) in [5.41, 5.74) is 3.94. The number of halogens is 3. The lowest BCUT2D eigenvalue weighted by Crippen LogP contribution is -2.18. The number of amides is 1. The number of nitriles is 1. The predicted octanol–water partition coefficient (Wildman–Crippen LogP) is 3.12. The normalized spacial score (nSPS) is 11.4. The Hall–Kier alpha value is -5.32. The van der Waals surface area contributed by atoms with Crippen molar-refractivity contribution in [2.45, 2.75) is 6.18 Å². The van der Waals surface area contributed by atoms with Gasteiger partial charge in [0.25, 0.3) is 5.91 Å². The summed E-state index contributed by atoms with van der Waals surface area (Å²) in [5.74, 6) is -0.811. The van der Waals surface area contributed by atoms with Crippen molar-refractivity contribution in [1.29, 1.82) is 5.26 Å². The van der Waals surface area contributed by atoms with Gasteiger partial charge in [-0.1, -0.05) is 24.3 Å². The number of pyridine rings is 2. The van der Waals surface area contributed by atoms with Gasteiger partial charge in [-0.25, -0.2) is 14.6 Å². The minimum atomic E-state index is -4.93. The topological polar surface area (TPSA) is 153 Å². The maximum Gasteiger partial charge on any atom is 0.435 e. The first-order chi connectivity index (χ1) is 17.3. The molecule has 14 heteroatoms. The number of rotatable bonds is 4. The lowest BCUT2D eigenvalue weighted by Gasteiger charge is -2.08. The Kier molecular flexibility index (Phi) is 5.29. The largest absolute Gasteiger partial charge is 0.435 e. The molecule has 0 radical (unpaired) electrons. The van der Waals surface area contributed by atoms with Crippen LogP contribution in [0.15, 0.2) is 61.3 Å². The van der Waals surface area contributed by atoms with Gasteiger partial charge < -0.3 is 11.1 Å².